The van der Waals surface area contributed by atoms with Crippen molar-refractivity contribution in [1.29, 1.82) is 0 Å². The molecule has 3 aromatic heterocycles. The predicted molar refractivity (Wildman–Crippen MR) is 92.1 cm³/mol. The van der Waals surface area contributed by atoms with Crippen molar-refractivity contribution in [3.8, 4) is 11.5 Å². The Hall–Kier alpha value is -3.36. The Labute approximate surface area is 149 Å². The van der Waals surface area contributed by atoms with Crippen LogP contribution in [0.3, 0.4) is 0 Å². The van der Waals surface area contributed by atoms with E-state index in [9.17, 15) is 9.59 Å². The smallest absolute Gasteiger partial charge is 0.266 e. The molecule has 0 saturated heterocycles. The van der Waals surface area contributed by atoms with Crippen LogP contribution < -0.4 is 10.9 Å². The number of amides is 1. The second kappa shape index (κ2) is 8.15. The van der Waals surface area contributed by atoms with Crippen molar-refractivity contribution in [3.63, 3.8) is 0 Å². The first kappa shape index (κ1) is 17.5. The normalized spacial score (nSPS) is 10.7. The molecule has 3 rings (SSSR count). The SMILES string of the molecule is Cc1noc(-c2cncn(CCC(=O)NCCc3ccccn3)c2=O)n1. The lowest BCUT2D eigenvalue weighted by atomic mass is 10.2. The van der Waals surface area contributed by atoms with Crippen LogP contribution >= 0.6 is 0 Å². The number of carbonyl (C=O) groups is 1. The van der Waals surface area contributed by atoms with Crippen molar-refractivity contribution in [2.45, 2.75) is 26.3 Å². The summed E-state index contributed by atoms with van der Waals surface area (Å²) >= 11 is 0. The Morgan fingerprint density at radius 1 is 1.35 bits per heavy atom. The van der Waals surface area contributed by atoms with Crippen LogP contribution in [-0.2, 0) is 17.8 Å². The number of pyridine rings is 1. The van der Waals surface area contributed by atoms with Crippen LogP contribution in [0, 0.1) is 6.92 Å². The van der Waals surface area contributed by atoms with Crippen molar-refractivity contribution in [2.24, 2.45) is 0 Å². The fourth-order valence-corrected chi connectivity index (χ4v) is 2.35. The Morgan fingerprint density at radius 3 is 2.96 bits per heavy atom. The summed E-state index contributed by atoms with van der Waals surface area (Å²) in [6.07, 6.45) is 5.29. The molecule has 134 valence electrons. The van der Waals surface area contributed by atoms with E-state index < -0.39 is 0 Å². The summed E-state index contributed by atoms with van der Waals surface area (Å²) in [5.74, 6) is 0.406. The Balaban J connectivity index is 1.54. The first-order valence-electron chi connectivity index (χ1n) is 8.15. The molecule has 1 amide bonds. The Bertz CT molecular complexity index is 935. The zero-order valence-electron chi connectivity index (χ0n) is 14.3. The minimum Gasteiger partial charge on any atom is -0.356 e. The fourth-order valence-electron chi connectivity index (χ4n) is 2.35. The van der Waals surface area contributed by atoms with Gasteiger partial charge in [0, 0.05) is 44.0 Å². The molecule has 0 aliphatic heterocycles. The molecule has 9 heteroatoms. The minimum absolute atomic E-state index is 0.120. The lowest BCUT2D eigenvalue weighted by Crippen LogP contribution is -2.29. The largest absolute Gasteiger partial charge is 0.356 e. The standard InChI is InChI=1S/C17H18N6O3/c1-12-21-16(26-22-12)14-10-18-11-23(17(14)25)9-6-15(24)20-8-5-13-4-2-3-7-19-13/h2-4,7,10-11H,5-6,8-9H2,1H3,(H,20,24). The molecule has 3 heterocycles. The van der Waals surface area contributed by atoms with E-state index in [0.29, 0.717) is 18.8 Å². The molecule has 0 aliphatic carbocycles. The molecular formula is C17H18N6O3. The summed E-state index contributed by atoms with van der Waals surface area (Å²) in [4.78, 5) is 36.6. The van der Waals surface area contributed by atoms with E-state index in [4.69, 9.17) is 4.52 Å². The van der Waals surface area contributed by atoms with Gasteiger partial charge in [-0.1, -0.05) is 11.2 Å². The Kier molecular flexibility index (Phi) is 5.47. The van der Waals surface area contributed by atoms with Gasteiger partial charge < -0.3 is 9.84 Å². The van der Waals surface area contributed by atoms with E-state index in [1.165, 1.54) is 17.1 Å². The summed E-state index contributed by atoms with van der Waals surface area (Å²) < 4.78 is 6.36. The predicted octanol–water partition coefficient (Wildman–Crippen LogP) is 0.746. The summed E-state index contributed by atoms with van der Waals surface area (Å²) in [5.41, 5.74) is 0.796. The topological polar surface area (TPSA) is 116 Å². The highest BCUT2D eigenvalue weighted by Crippen LogP contribution is 2.10. The summed E-state index contributed by atoms with van der Waals surface area (Å²) in [7, 11) is 0. The number of carbonyl (C=O) groups excluding carboxylic acids is 1. The van der Waals surface area contributed by atoms with E-state index in [1.54, 1.807) is 13.1 Å². The second-order valence-electron chi connectivity index (χ2n) is 5.62. The molecule has 3 aromatic rings. The van der Waals surface area contributed by atoms with Crippen LogP contribution in [0.25, 0.3) is 11.5 Å². The van der Waals surface area contributed by atoms with Crippen molar-refractivity contribution in [2.75, 3.05) is 6.54 Å². The number of hydrogen-bond acceptors (Lipinski definition) is 7. The maximum atomic E-state index is 12.4. The van der Waals surface area contributed by atoms with Crippen molar-refractivity contribution < 1.29 is 9.32 Å². The van der Waals surface area contributed by atoms with Crippen molar-refractivity contribution in [1.82, 2.24) is 30.0 Å². The van der Waals surface area contributed by atoms with E-state index >= 15 is 0 Å². The van der Waals surface area contributed by atoms with Crippen LogP contribution in [0.5, 0.6) is 0 Å². The number of aryl methyl sites for hydroxylation is 2. The van der Waals surface area contributed by atoms with Gasteiger partial charge in [0.25, 0.3) is 11.4 Å². The number of hydrogen-bond donors (Lipinski definition) is 1. The molecule has 9 nitrogen and oxygen atoms in total. The van der Waals surface area contributed by atoms with E-state index in [2.05, 4.69) is 25.4 Å². The summed E-state index contributed by atoms with van der Waals surface area (Å²) in [5, 5.41) is 6.48. The average Bonchev–Trinajstić information content (AvgIpc) is 3.08. The van der Waals surface area contributed by atoms with Gasteiger partial charge in [-0.25, -0.2) is 4.98 Å². The van der Waals surface area contributed by atoms with Gasteiger partial charge in [0.1, 0.15) is 5.56 Å². The molecular weight excluding hydrogens is 336 g/mol. The lowest BCUT2D eigenvalue weighted by molar-refractivity contribution is -0.121. The van der Waals surface area contributed by atoms with E-state index in [-0.39, 0.29) is 35.9 Å². The third-order valence-electron chi connectivity index (χ3n) is 3.67. The van der Waals surface area contributed by atoms with Gasteiger partial charge >= 0.3 is 0 Å². The van der Waals surface area contributed by atoms with Crippen LogP contribution in [0.4, 0.5) is 0 Å². The van der Waals surface area contributed by atoms with E-state index in [1.807, 2.05) is 18.2 Å². The molecule has 0 bridgehead atoms. The molecule has 0 fully saturated rings. The summed E-state index contributed by atoms with van der Waals surface area (Å²) in [6.45, 7) is 2.36. The molecule has 1 N–H and O–H groups in total. The molecule has 26 heavy (non-hydrogen) atoms. The highest BCUT2D eigenvalue weighted by Gasteiger charge is 2.13. The van der Waals surface area contributed by atoms with Gasteiger partial charge in [-0.15, -0.1) is 0 Å². The quantitative estimate of drug-likeness (QED) is 0.665. The monoisotopic (exact) mass is 354 g/mol. The number of nitrogens with one attached hydrogen (secondary N) is 1. The first-order chi connectivity index (χ1) is 12.6. The summed E-state index contributed by atoms with van der Waals surface area (Å²) in [6, 6.07) is 5.65. The maximum Gasteiger partial charge on any atom is 0.266 e. The van der Waals surface area contributed by atoms with Gasteiger partial charge in [0.05, 0.1) is 6.33 Å². The fraction of sp³-hybridized carbons (Fsp3) is 0.294. The zero-order chi connectivity index (χ0) is 18.4. The molecule has 0 saturated carbocycles. The first-order valence-corrected chi connectivity index (χ1v) is 8.15. The maximum absolute atomic E-state index is 12.4. The third kappa shape index (κ3) is 4.38. The van der Waals surface area contributed by atoms with Crippen LogP contribution in [0.2, 0.25) is 0 Å². The van der Waals surface area contributed by atoms with Gasteiger partial charge in [-0.3, -0.25) is 19.1 Å². The zero-order valence-corrected chi connectivity index (χ0v) is 14.3. The number of aromatic nitrogens is 5. The van der Waals surface area contributed by atoms with Crippen LogP contribution in [0.15, 0.2) is 46.2 Å². The molecule has 0 radical (unpaired) electrons. The third-order valence-corrected chi connectivity index (χ3v) is 3.67. The van der Waals surface area contributed by atoms with Gasteiger partial charge in [-0.05, 0) is 19.1 Å². The van der Waals surface area contributed by atoms with Gasteiger partial charge in [0.2, 0.25) is 5.91 Å². The number of nitrogens with zero attached hydrogens (tertiary/aromatic N) is 5. The van der Waals surface area contributed by atoms with E-state index in [0.717, 1.165) is 5.69 Å². The molecule has 0 aliphatic rings. The Morgan fingerprint density at radius 2 is 2.23 bits per heavy atom. The van der Waals surface area contributed by atoms with Crippen LogP contribution in [0.1, 0.15) is 17.9 Å². The van der Waals surface area contributed by atoms with Crippen molar-refractivity contribution >= 4 is 5.91 Å². The van der Waals surface area contributed by atoms with Crippen LogP contribution in [-0.4, -0.2) is 37.1 Å². The molecule has 0 aromatic carbocycles. The highest BCUT2D eigenvalue weighted by molar-refractivity contribution is 5.75. The lowest BCUT2D eigenvalue weighted by Gasteiger charge is -2.07. The van der Waals surface area contributed by atoms with Crippen molar-refractivity contribution in [3.05, 3.63) is 58.8 Å². The molecule has 0 unspecified atom stereocenters. The van der Waals surface area contributed by atoms with Gasteiger partial charge in [-0.2, -0.15) is 4.98 Å². The highest BCUT2D eigenvalue weighted by atomic mass is 16.5. The molecule has 0 atom stereocenters. The molecule has 0 spiro atoms. The second-order valence-corrected chi connectivity index (χ2v) is 5.62. The minimum atomic E-state index is -0.329. The van der Waals surface area contributed by atoms with Gasteiger partial charge in [0.15, 0.2) is 5.82 Å². The average molecular weight is 354 g/mol. The number of rotatable bonds is 7.